The van der Waals surface area contributed by atoms with E-state index in [0.29, 0.717) is 12.8 Å². The van der Waals surface area contributed by atoms with Crippen LogP contribution in [0.4, 0.5) is 0 Å². The molecule has 0 N–H and O–H groups in total. The Morgan fingerprint density at radius 3 is 2.62 bits per heavy atom. The number of ketones is 1. The van der Waals surface area contributed by atoms with Crippen molar-refractivity contribution in [3.63, 3.8) is 0 Å². The molecule has 0 aromatic carbocycles. The number of methoxy groups -OCH3 is 1. The van der Waals surface area contributed by atoms with Crippen molar-refractivity contribution >= 4 is 11.8 Å². The van der Waals surface area contributed by atoms with E-state index >= 15 is 0 Å². The molecule has 0 heterocycles. The first-order valence-electron chi connectivity index (χ1n) is 5.77. The van der Waals surface area contributed by atoms with E-state index in [1.807, 2.05) is 13.8 Å². The predicted molar refractivity (Wildman–Crippen MR) is 61.9 cm³/mol. The molecule has 0 unspecified atom stereocenters. The highest BCUT2D eigenvalue weighted by molar-refractivity contribution is 6.05. The van der Waals surface area contributed by atoms with Crippen LogP contribution in [-0.2, 0) is 14.3 Å². The van der Waals surface area contributed by atoms with Gasteiger partial charge in [0, 0.05) is 6.42 Å². The lowest BCUT2D eigenvalue weighted by Gasteiger charge is -2.29. The maximum absolute atomic E-state index is 12.0. The first-order valence-corrected chi connectivity index (χ1v) is 5.77. The highest BCUT2D eigenvalue weighted by atomic mass is 16.5. The highest BCUT2D eigenvalue weighted by Crippen LogP contribution is 2.46. The minimum Gasteiger partial charge on any atom is -0.468 e. The van der Waals surface area contributed by atoms with Gasteiger partial charge in [0.25, 0.3) is 0 Å². The molecule has 0 spiro atoms. The van der Waals surface area contributed by atoms with Gasteiger partial charge in [-0.15, -0.1) is 0 Å². The fourth-order valence-electron chi connectivity index (χ4n) is 2.45. The third-order valence-electron chi connectivity index (χ3n) is 3.72. The normalized spacial score (nSPS) is 29.2. The fraction of sp³-hybridized carbons (Fsp3) is 0.692. The van der Waals surface area contributed by atoms with E-state index in [9.17, 15) is 9.59 Å². The smallest absolute Gasteiger partial charge is 0.319 e. The van der Waals surface area contributed by atoms with Crippen LogP contribution in [0.15, 0.2) is 12.2 Å². The standard InChI is InChI=1S/C13H20O3/c1-5-9(2)8-13(12(15)16-4)10(3)6-7-11(13)14/h10H,2,5-8H2,1,3-4H3/t10-,13+/m1/s1. The molecule has 1 aliphatic carbocycles. The van der Waals surface area contributed by atoms with E-state index in [0.717, 1.165) is 18.4 Å². The molecule has 1 rings (SSSR count). The van der Waals surface area contributed by atoms with Gasteiger partial charge in [-0.05, 0) is 25.2 Å². The van der Waals surface area contributed by atoms with Crippen LogP contribution in [0.3, 0.4) is 0 Å². The summed E-state index contributed by atoms with van der Waals surface area (Å²) in [6, 6.07) is 0. The summed E-state index contributed by atoms with van der Waals surface area (Å²) in [6.07, 6.45) is 2.48. The Hall–Kier alpha value is -1.12. The zero-order valence-corrected chi connectivity index (χ0v) is 10.3. The first kappa shape index (κ1) is 12.9. The van der Waals surface area contributed by atoms with Crippen molar-refractivity contribution in [1.82, 2.24) is 0 Å². The van der Waals surface area contributed by atoms with Crippen molar-refractivity contribution in [3.05, 3.63) is 12.2 Å². The molecule has 0 radical (unpaired) electrons. The molecule has 3 nitrogen and oxygen atoms in total. The van der Waals surface area contributed by atoms with Gasteiger partial charge in [0.2, 0.25) is 0 Å². The summed E-state index contributed by atoms with van der Waals surface area (Å²) >= 11 is 0. The van der Waals surface area contributed by atoms with Crippen LogP contribution < -0.4 is 0 Å². The molecule has 0 aromatic rings. The number of carbonyl (C=O) groups is 2. The van der Waals surface area contributed by atoms with Crippen molar-refractivity contribution in [3.8, 4) is 0 Å². The van der Waals surface area contributed by atoms with Crippen LogP contribution in [0.1, 0.15) is 39.5 Å². The molecular formula is C13H20O3. The zero-order chi connectivity index (χ0) is 12.3. The SMILES string of the molecule is C=C(CC)C[C@@]1(C(=O)OC)C(=O)CC[C@H]1C. The number of ether oxygens (including phenoxy) is 1. The molecule has 90 valence electrons. The molecule has 0 bridgehead atoms. The van der Waals surface area contributed by atoms with Crippen LogP contribution in [0.5, 0.6) is 0 Å². The lowest BCUT2D eigenvalue weighted by molar-refractivity contribution is -0.158. The second-order valence-corrected chi connectivity index (χ2v) is 4.61. The summed E-state index contributed by atoms with van der Waals surface area (Å²) in [7, 11) is 1.34. The van der Waals surface area contributed by atoms with Crippen LogP contribution in [0.25, 0.3) is 0 Å². The number of allylic oxidation sites excluding steroid dienone is 1. The molecule has 1 aliphatic rings. The van der Waals surface area contributed by atoms with Crippen molar-refractivity contribution in [2.75, 3.05) is 7.11 Å². The van der Waals surface area contributed by atoms with Gasteiger partial charge in [0.05, 0.1) is 7.11 Å². The van der Waals surface area contributed by atoms with E-state index in [-0.39, 0.29) is 11.7 Å². The second-order valence-electron chi connectivity index (χ2n) is 4.61. The molecular weight excluding hydrogens is 204 g/mol. The molecule has 0 aliphatic heterocycles. The van der Waals surface area contributed by atoms with Crippen molar-refractivity contribution in [2.45, 2.75) is 39.5 Å². The van der Waals surface area contributed by atoms with Crippen LogP contribution in [0, 0.1) is 11.3 Å². The second kappa shape index (κ2) is 4.81. The number of carbonyl (C=O) groups excluding carboxylic acids is 2. The van der Waals surface area contributed by atoms with Gasteiger partial charge in [-0.1, -0.05) is 26.0 Å². The van der Waals surface area contributed by atoms with Crippen molar-refractivity contribution < 1.29 is 14.3 Å². The van der Waals surface area contributed by atoms with E-state index in [1.54, 1.807) is 0 Å². The number of esters is 1. The molecule has 2 atom stereocenters. The van der Waals surface area contributed by atoms with Gasteiger partial charge in [0.15, 0.2) is 5.78 Å². The monoisotopic (exact) mass is 224 g/mol. The molecule has 0 saturated heterocycles. The van der Waals surface area contributed by atoms with Gasteiger partial charge < -0.3 is 4.74 Å². The van der Waals surface area contributed by atoms with Crippen molar-refractivity contribution in [1.29, 1.82) is 0 Å². The predicted octanol–water partition coefficient (Wildman–Crippen LogP) is 2.50. The molecule has 1 saturated carbocycles. The van der Waals surface area contributed by atoms with Crippen molar-refractivity contribution in [2.24, 2.45) is 11.3 Å². The van der Waals surface area contributed by atoms with Gasteiger partial charge in [0.1, 0.15) is 5.41 Å². The van der Waals surface area contributed by atoms with E-state index in [2.05, 4.69) is 6.58 Å². The summed E-state index contributed by atoms with van der Waals surface area (Å²) in [6.45, 7) is 7.84. The Kier molecular flexibility index (Phi) is 3.89. The zero-order valence-electron chi connectivity index (χ0n) is 10.3. The third kappa shape index (κ3) is 1.91. The van der Waals surface area contributed by atoms with E-state index in [1.165, 1.54) is 7.11 Å². The maximum Gasteiger partial charge on any atom is 0.319 e. The van der Waals surface area contributed by atoms with E-state index in [4.69, 9.17) is 4.74 Å². The Labute approximate surface area is 96.9 Å². The Morgan fingerprint density at radius 2 is 2.25 bits per heavy atom. The van der Waals surface area contributed by atoms with Gasteiger partial charge in [-0.2, -0.15) is 0 Å². The Morgan fingerprint density at radius 1 is 1.62 bits per heavy atom. The number of rotatable bonds is 4. The number of Topliss-reactive ketones (excluding diaryl/α,β-unsaturated/α-hetero) is 1. The van der Waals surface area contributed by atoms with Crippen LogP contribution in [0.2, 0.25) is 0 Å². The molecule has 16 heavy (non-hydrogen) atoms. The summed E-state index contributed by atoms with van der Waals surface area (Å²) in [4.78, 5) is 23.9. The topological polar surface area (TPSA) is 43.4 Å². The van der Waals surface area contributed by atoms with Gasteiger partial charge in [-0.3, -0.25) is 9.59 Å². The van der Waals surface area contributed by atoms with Crippen LogP contribution >= 0.6 is 0 Å². The van der Waals surface area contributed by atoms with Gasteiger partial charge >= 0.3 is 5.97 Å². The molecule has 1 fully saturated rings. The average molecular weight is 224 g/mol. The molecule has 0 aromatic heterocycles. The highest BCUT2D eigenvalue weighted by Gasteiger charge is 2.54. The van der Waals surface area contributed by atoms with E-state index < -0.39 is 11.4 Å². The first-order chi connectivity index (χ1) is 7.48. The lowest BCUT2D eigenvalue weighted by Crippen LogP contribution is -2.41. The number of hydrogen-bond donors (Lipinski definition) is 0. The quantitative estimate of drug-likeness (QED) is 0.418. The molecule has 0 amide bonds. The summed E-state index contributed by atoms with van der Waals surface area (Å²) < 4.78 is 4.82. The largest absolute Gasteiger partial charge is 0.468 e. The summed E-state index contributed by atoms with van der Waals surface area (Å²) in [5.74, 6) is -0.325. The third-order valence-corrected chi connectivity index (χ3v) is 3.72. The number of hydrogen-bond acceptors (Lipinski definition) is 3. The minimum atomic E-state index is -0.957. The fourth-order valence-corrected chi connectivity index (χ4v) is 2.45. The molecule has 3 heteroatoms. The maximum atomic E-state index is 12.0. The summed E-state index contributed by atoms with van der Waals surface area (Å²) in [5.41, 5.74) is -0.0190. The summed E-state index contributed by atoms with van der Waals surface area (Å²) in [5, 5.41) is 0. The van der Waals surface area contributed by atoms with Crippen LogP contribution in [-0.4, -0.2) is 18.9 Å². The lowest BCUT2D eigenvalue weighted by atomic mass is 9.73. The van der Waals surface area contributed by atoms with Gasteiger partial charge in [-0.25, -0.2) is 0 Å². The minimum absolute atomic E-state index is 0.0152. The Bertz CT molecular complexity index is 319. The average Bonchev–Trinajstić information content (AvgIpc) is 2.56. The Balaban J connectivity index is 3.06.